The van der Waals surface area contributed by atoms with Crippen molar-refractivity contribution in [3.05, 3.63) is 58.7 Å². The fraction of sp³-hybridized carbons (Fsp3) is 0.222. The topological polar surface area (TPSA) is 138 Å². The molecule has 0 bridgehead atoms. The van der Waals surface area contributed by atoms with Crippen molar-refractivity contribution in [3.8, 4) is 23.1 Å². The van der Waals surface area contributed by atoms with Crippen LogP contribution in [0.25, 0.3) is 33.1 Å². The first kappa shape index (κ1) is 25.7. The number of hydrogen-bond acceptors (Lipinski definition) is 10. The molecule has 5 aromatic rings. The summed E-state index contributed by atoms with van der Waals surface area (Å²) in [7, 11) is 1.39. The minimum atomic E-state index is -0.820. The summed E-state index contributed by atoms with van der Waals surface area (Å²) < 4.78 is 42.5. The normalized spacial score (nSPS) is 15.7. The van der Waals surface area contributed by atoms with Crippen molar-refractivity contribution in [1.82, 2.24) is 24.9 Å². The molecule has 0 amide bonds. The number of nitrogens with two attached hydrogens (primary N) is 2. The van der Waals surface area contributed by atoms with Gasteiger partial charge in [-0.3, -0.25) is 0 Å². The zero-order chi connectivity index (χ0) is 28.3. The van der Waals surface area contributed by atoms with Gasteiger partial charge in [0, 0.05) is 22.7 Å². The van der Waals surface area contributed by atoms with Gasteiger partial charge in [0.2, 0.25) is 5.88 Å². The monoisotopic (exact) mass is 564 g/mol. The summed E-state index contributed by atoms with van der Waals surface area (Å²) in [6, 6.07) is 6.94. The van der Waals surface area contributed by atoms with Crippen LogP contribution in [0.15, 0.2) is 36.5 Å². The molecule has 0 saturated carbocycles. The highest BCUT2D eigenvalue weighted by Crippen LogP contribution is 2.45. The molecule has 1 unspecified atom stereocenters. The van der Waals surface area contributed by atoms with Gasteiger partial charge < -0.3 is 25.8 Å². The van der Waals surface area contributed by atoms with E-state index in [4.69, 9.17) is 32.5 Å². The second-order valence-corrected chi connectivity index (χ2v) is 9.79. The maximum Gasteiger partial charge on any atom is 0.318 e. The summed E-state index contributed by atoms with van der Waals surface area (Å²) in [5, 5.41) is 0.153. The van der Waals surface area contributed by atoms with Crippen LogP contribution in [-0.4, -0.2) is 44.7 Å². The highest BCUT2D eigenvalue weighted by molar-refractivity contribution is 6.36. The third-order valence-electron chi connectivity index (χ3n) is 6.95. The van der Waals surface area contributed by atoms with Gasteiger partial charge in [-0.15, -0.1) is 0 Å². The SMILES string of the molecule is COc1nc2c3c(nc(-c4cc(N)nc5ccc(F)c(Cl)c45)c(F)c3n1)OC[C@H](C)N2C(C)c1cccnc1N. The maximum atomic E-state index is 16.5. The summed E-state index contributed by atoms with van der Waals surface area (Å²) in [6.07, 6.45) is 1.61. The summed E-state index contributed by atoms with van der Waals surface area (Å²) in [4.78, 5) is 23.9. The lowest BCUT2D eigenvalue weighted by Gasteiger charge is -2.34. The second-order valence-electron chi connectivity index (χ2n) is 9.41. The molecule has 1 aliphatic rings. The number of anilines is 3. The van der Waals surface area contributed by atoms with Crippen LogP contribution in [0, 0.1) is 11.6 Å². The van der Waals surface area contributed by atoms with Gasteiger partial charge >= 0.3 is 6.01 Å². The van der Waals surface area contributed by atoms with Crippen LogP contribution in [0.2, 0.25) is 5.02 Å². The molecular weight excluding hydrogens is 542 g/mol. The largest absolute Gasteiger partial charge is 0.475 e. The summed E-state index contributed by atoms with van der Waals surface area (Å²) in [5.41, 5.74) is 13.1. The summed E-state index contributed by atoms with van der Waals surface area (Å²) >= 11 is 6.33. The number of methoxy groups -OCH3 is 1. The minimum absolute atomic E-state index is 0.0712. The van der Waals surface area contributed by atoms with Crippen LogP contribution < -0.4 is 25.8 Å². The van der Waals surface area contributed by atoms with E-state index < -0.39 is 11.6 Å². The molecule has 4 N–H and O–H groups in total. The first-order valence-corrected chi connectivity index (χ1v) is 12.7. The molecular formula is C27H23ClF2N8O2. The first-order valence-electron chi connectivity index (χ1n) is 12.3. The minimum Gasteiger partial charge on any atom is -0.475 e. The van der Waals surface area contributed by atoms with E-state index in [1.807, 2.05) is 24.8 Å². The molecule has 40 heavy (non-hydrogen) atoms. The lowest BCUT2D eigenvalue weighted by atomic mass is 10.0. The first-order chi connectivity index (χ1) is 19.2. The summed E-state index contributed by atoms with van der Waals surface area (Å²) in [5.74, 6) is -0.659. The fourth-order valence-electron chi connectivity index (χ4n) is 5.12. The van der Waals surface area contributed by atoms with Crippen LogP contribution in [0.5, 0.6) is 11.9 Å². The Balaban J connectivity index is 1.66. The molecule has 0 fully saturated rings. The quantitative estimate of drug-likeness (QED) is 0.303. The Hall–Kier alpha value is -4.58. The molecule has 5 heterocycles. The molecule has 13 heteroatoms. The van der Waals surface area contributed by atoms with E-state index in [0.29, 0.717) is 11.6 Å². The zero-order valence-corrected chi connectivity index (χ0v) is 22.4. The number of halogens is 3. The van der Waals surface area contributed by atoms with E-state index in [-0.39, 0.29) is 74.5 Å². The van der Waals surface area contributed by atoms with Gasteiger partial charge in [-0.1, -0.05) is 17.7 Å². The highest BCUT2D eigenvalue weighted by atomic mass is 35.5. The van der Waals surface area contributed by atoms with E-state index in [1.165, 1.54) is 25.3 Å². The van der Waals surface area contributed by atoms with Crippen molar-refractivity contribution in [1.29, 1.82) is 0 Å². The molecule has 0 saturated heterocycles. The molecule has 4 aromatic heterocycles. The number of rotatable bonds is 4. The van der Waals surface area contributed by atoms with Gasteiger partial charge in [0.15, 0.2) is 5.82 Å². The van der Waals surface area contributed by atoms with Gasteiger partial charge in [-0.25, -0.2) is 23.7 Å². The van der Waals surface area contributed by atoms with Crippen LogP contribution in [-0.2, 0) is 0 Å². The number of ether oxygens (including phenoxy) is 2. The summed E-state index contributed by atoms with van der Waals surface area (Å²) in [6.45, 7) is 4.05. The third kappa shape index (κ3) is 3.94. The molecule has 1 aliphatic heterocycles. The lowest BCUT2D eigenvalue weighted by molar-refractivity contribution is 0.282. The second kappa shape index (κ2) is 9.56. The maximum absolute atomic E-state index is 16.5. The Morgan fingerprint density at radius 3 is 2.67 bits per heavy atom. The molecule has 2 atom stereocenters. The average molecular weight is 565 g/mol. The van der Waals surface area contributed by atoms with Crippen molar-refractivity contribution in [2.24, 2.45) is 0 Å². The van der Waals surface area contributed by atoms with Crippen LogP contribution >= 0.6 is 11.6 Å². The zero-order valence-electron chi connectivity index (χ0n) is 21.6. The predicted octanol–water partition coefficient (Wildman–Crippen LogP) is 5.09. The highest BCUT2D eigenvalue weighted by Gasteiger charge is 2.34. The van der Waals surface area contributed by atoms with E-state index in [1.54, 1.807) is 12.3 Å². The van der Waals surface area contributed by atoms with Crippen molar-refractivity contribution in [2.45, 2.75) is 25.9 Å². The van der Waals surface area contributed by atoms with Crippen molar-refractivity contribution >= 4 is 50.9 Å². The molecule has 204 valence electrons. The molecule has 0 radical (unpaired) electrons. The van der Waals surface area contributed by atoms with E-state index >= 15 is 4.39 Å². The van der Waals surface area contributed by atoms with Gasteiger partial charge in [0.05, 0.1) is 29.7 Å². The molecule has 0 spiro atoms. The van der Waals surface area contributed by atoms with Crippen molar-refractivity contribution in [2.75, 3.05) is 30.1 Å². The number of nitrogens with zero attached hydrogens (tertiary/aromatic N) is 6. The molecule has 0 aliphatic carbocycles. The average Bonchev–Trinajstić information content (AvgIpc) is 3.08. The smallest absolute Gasteiger partial charge is 0.318 e. The predicted molar refractivity (Wildman–Crippen MR) is 148 cm³/mol. The number of nitrogen functional groups attached to an aromatic ring is 2. The van der Waals surface area contributed by atoms with E-state index in [2.05, 4.69) is 24.9 Å². The van der Waals surface area contributed by atoms with Crippen molar-refractivity contribution < 1.29 is 18.3 Å². The van der Waals surface area contributed by atoms with E-state index in [0.717, 1.165) is 5.56 Å². The van der Waals surface area contributed by atoms with Crippen LogP contribution in [0.4, 0.5) is 26.2 Å². The van der Waals surface area contributed by atoms with Gasteiger partial charge in [-0.05, 0) is 38.1 Å². The number of pyridine rings is 3. The fourth-order valence-corrected chi connectivity index (χ4v) is 5.38. The number of fused-ring (bicyclic) bond motifs is 1. The third-order valence-corrected chi connectivity index (χ3v) is 7.32. The Morgan fingerprint density at radius 2 is 1.93 bits per heavy atom. The van der Waals surface area contributed by atoms with Crippen molar-refractivity contribution in [3.63, 3.8) is 0 Å². The number of hydrogen-bond donors (Lipinski definition) is 2. The Bertz CT molecular complexity index is 1820. The van der Waals surface area contributed by atoms with E-state index in [9.17, 15) is 4.39 Å². The number of benzene rings is 1. The van der Waals surface area contributed by atoms with Crippen LogP contribution in [0.1, 0.15) is 25.5 Å². The number of aromatic nitrogens is 5. The van der Waals surface area contributed by atoms with Gasteiger partial charge in [0.25, 0.3) is 0 Å². The molecule has 6 rings (SSSR count). The van der Waals surface area contributed by atoms with Gasteiger partial charge in [-0.2, -0.15) is 9.97 Å². The lowest BCUT2D eigenvalue weighted by Crippen LogP contribution is -2.39. The standard InChI is InChI=1S/C27H23ClF2N8O2/c1-11-10-40-26-19-23(36-27(39-3)37-25(19)38(11)12(2)13-5-4-8-33-24(13)32)21(30)22(35-26)14-9-17(31)34-16-7-6-15(29)20(28)18(14)16/h4-9,11-12H,10H2,1-3H3,(H2,31,34)(H2,32,33)/t11-,12?/m0/s1. The molecule has 10 nitrogen and oxygen atoms in total. The molecule has 1 aromatic carbocycles. The Labute approximate surface area is 231 Å². The Kier molecular flexibility index (Phi) is 6.14. The van der Waals surface area contributed by atoms with Gasteiger partial charge in [0.1, 0.15) is 46.5 Å². The van der Waals surface area contributed by atoms with Crippen LogP contribution in [0.3, 0.4) is 0 Å². The Morgan fingerprint density at radius 1 is 1.12 bits per heavy atom.